The van der Waals surface area contributed by atoms with Crippen molar-refractivity contribution in [2.24, 2.45) is 0 Å². The van der Waals surface area contributed by atoms with E-state index in [-0.39, 0.29) is 5.75 Å². The Balaban J connectivity index is 2.50. The van der Waals surface area contributed by atoms with Crippen LogP contribution in [0.15, 0.2) is 46.9 Å². The van der Waals surface area contributed by atoms with Crippen LogP contribution in [0.5, 0.6) is 5.75 Å². The van der Waals surface area contributed by atoms with Gasteiger partial charge in [-0.1, -0.05) is 34.1 Å². The second-order valence-corrected chi connectivity index (χ2v) is 4.09. The van der Waals surface area contributed by atoms with E-state index in [1.54, 1.807) is 6.07 Å². The lowest BCUT2D eigenvalue weighted by atomic mass is 10.1. The van der Waals surface area contributed by atoms with Crippen LogP contribution in [0.4, 0.5) is 4.39 Å². The number of phenols is 1. The monoisotopic (exact) mass is 266 g/mol. The Bertz CT molecular complexity index is 497. The Kier molecular flexibility index (Phi) is 2.73. The molecule has 0 fully saturated rings. The molecule has 0 saturated heterocycles. The molecular formula is C12H8BrFO. The molecule has 0 aromatic heterocycles. The number of phenolic OH excluding ortho intramolecular Hbond substituents is 1. The summed E-state index contributed by atoms with van der Waals surface area (Å²) in [5.41, 5.74) is 1.72. The first-order valence-electron chi connectivity index (χ1n) is 4.41. The minimum Gasteiger partial charge on any atom is -0.505 e. The number of benzene rings is 2. The summed E-state index contributed by atoms with van der Waals surface area (Å²) in [6, 6.07) is 11.9. The minimum atomic E-state index is -0.603. The molecule has 0 bridgehead atoms. The van der Waals surface area contributed by atoms with E-state index in [1.165, 1.54) is 12.1 Å². The molecule has 0 amide bonds. The number of hydrogen-bond donors (Lipinski definition) is 1. The van der Waals surface area contributed by atoms with E-state index in [4.69, 9.17) is 0 Å². The van der Waals surface area contributed by atoms with Crippen LogP contribution in [-0.4, -0.2) is 5.11 Å². The lowest BCUT2D eigenvalue weighted by molar-refractivity contribution is 0.433. The highest BCUT2D eigenvalue weighted by Gasteiger charge is 2.03. The zero-order chi connectivity index (χ0) is 10.8. The molecule has 1 N–H and O–H groups in total. The lowest BCUT2D eigenvalue weighted by Gasteiger charge is -2.03. The first-order valence-corrected chi connectivity index (χ1v) is 5.20. The van der Waals surface area contributed by atoms with E-state index in [1.807, 2.05) is 24.3 Å². The fourth-order valence-corrected chi connectivity index (χ4v) is 1.76. The Morgan fingerprint density at radius 3 is 2.40 bits per heavy atom. The van der Waals surface area contributed by atoms with Crippen molar-refractivity contribution in [2.45, 2.75) is 0 Å². The van der Waals surface area contributed by atoms with Crippen LogP contribution in [0, 0.1) is 5.82 Å². The van der Waals surface area contributed by atoms with Gasteiger partial charge in [0.15, 0.2) is 11.6 Å². The van der Waals surface area contributed by atoms with Gasteiger partial charge in [0.2, 0.25) is 0 Å². The molecule has 76 valence electrons. The van der Waals surface area contributed by atoms with E-state index in [0.29, 0.717) is 0 Å². The van der Waals surface area contributed by atoms with Crippen LogP contribution >= 0.6 is 15.9 Å². The van der Waals surface area contributed by atoms with Gasteiger partial charge >= 0.3 is 0 Å². The quantitative estimate of drug-likeness (QED) is 0.829. The number of rotatable bonds is 1. The van der Waals surface area contributed by atoms with Gasteiger partial charge in [-0.05, 0) is 35.4 Å². The van der Waals surface area contributed by atoms with Crippen LogP contribution in [0.2, 0.25) is 0 Å². The van der Waals surface area contributed by atoms with Crippen molar-refractivity contribution in [3.8, 4) is 16.9 Å². The molecular weight excluding hydrogens is 259 g/mol. The predicted molar refractivity (Wildman–Crippen MR) is 61.2 cm³/mol. The summed E-state index contributed by atoms with van der Waals surface area (Å²) in [5, 5.41) is 9.24. The predicted octanol–water partition coefficient (Wildman–Crippen LogP) is 3.96. The standard InChI is InChI=1S/C12H8BrFO/c13-10-3-1-2-8(6-10)9-4-5-11(14)12(15)7-9/h1-7,15H. The molecule has 2 aromatic carbocycles. The maximum atomic E-state index is 12.8. The molecule has 0 aliphatic carbocycles. The third-order valence-corrected chi connectivity index (χ3v) is 2.60. The van der Waals surface area contributed by atoms with Gasteiger partial charge in [-0.3, -0.25) is 0 Å². The second kappa shape index (κ2) is 4.03. The fourth-order valence-electron chi connectivity index (χ4n) is 1.36. The SMILES string of the molecule is Oc1cc(-c2cccc(Br)c2)ccc1F. The van der Waals surface area contributed by atoms with Gasteiger partial charge in [-0.2, -0.15) is 0 Å². The van der Waals surface area contributed by atoms with E-state index >= 15 is 0 Å². The van der Waals surface area contributed by atoms with Gasteiger partial charge in [0, 0.05) is 4.47 Å². The molecule has 3 heteroatoms. The Labute approximate surface area is 95.3 Å². The van der Waals surface area contributed by atoms with Crippen LogP contribution < -0.4 is 0 Å². The van der Waals surface area contributed by atoms with Crippen molar-refractivity contribution in [1.82, 2.24) is 0 Å². The van der Waals surface area contributed by atoms with E-state index in [0.717, 1.165) is 15.6 Å². The topological polar surface area (TPSA) is 20.2 Å². The largest absolute Gasteiger partial charge is 0.505 e. The van der Waals surface area contributed by atoms with E-state index in [2.05, 4.69) is 15.9 Å². The summed E-state index contributed by atoms with van der Waals surface area (Å²) in [5.74, 6) is -0.929. The Morgan fingerprint density at radius 1 is 1.00 bits per heavy atom. The molecule has 0 saturated carbocycles. The van der Waals surface area contributed by atoms with Crippen molar-refractivity contribution in [2.75, 3.05) is 0 Å². The molecule has 0 heterocycles. The maximum absolute atomic E-state index is 12.8. The van der Waals surface area contributed by atoms with Gasteiger partial charge < -0.3 is 5.11 Å². The van der Waals surface area contributed by atoms with Crippen LogP contribution in [-0.2, 0) is 0 Å². The zero-order valence-corrected chi connectivity index (χ0v) is 9.33. The summed E-state index contributed by atoms with van der Waals surface area (Å²) in [4.78, 5) is 0. The van der Waals surface area contributed by atoms with Gasteiger partial charge in [0.1, 0.15) is 0 Å². The molecule has 0 aliphatic heterocycles. The Hall–Kier alpha value is -1.35. The second-order valence-electron chi connectivity index (χ2n) is 3.18. The summed E-state index contributed by atoms with van der Waals surface area (Å²) < 4.78 is 13.8. The highest BCUT2D eigenvalue weighted by molar-refractivity contribution is 9.10. The van der Waals surface area contributed by atoms with E-state index in [9.17, 15) is 9.50 Å². The normalized spacial score (nSPS) is 10.3. The molecule has 0 spiro atoms. The number of halogens is 2. The Morgan fingerprint density at radius 2 is 1.73 bits per heavy atom. The molecule has 2 aromatic rings. The third kappa shape index (κ3) is 2.18. The molecule has 2 rings (SSSR count). The van der Waals surface area contributed by atoms with Crippen LogP contribution in [0.1, 0.15) is 0 Å². The first-order chi connectivity index (χ1) is 7.16. The number of aromatic hydroxyl groups is 1. The fraction of sp³-hybridized carbons (Fsp3) is 0. The minimum absolute atomic E-state index is 0.326. The highest BCUT2D eigenvalue weighted by Crippen LogP contribution is 2.27. The van der Waals surface area contributed by atoms with Crippen molar-refractivity contribution in [3.05, 3.63) is 52.8 Å². The molecule has 1 nitrogen and oxygen atoms in total. The van der Waals surface area contributed by atoms with Crippen molar-refractivity contribution < 1.29 is 9.50 Å². The van der Waals surface area contributed by atoms with Gasteiger partial charge in [-0.25, -0.2) is 4.39 Å². The van der Waals surface area contributed by atoms with Crippen molar-refractivity contribution in [1.29, 1.82) is 0 Å². The molecule has 0 aliphatic rings. The third-order valence-electron chi connectivity index (χ3n) is 2.10. The van der Waals surface area contributed by atoms with Gasteiger partial charge in [0.25, 0.3) is 0 Å². The van der Waals surface area contributed by atoms with Crippen molar-refractivity contribution >= 4 is 15.9 Å². The molecule has 0 unspecified atom stereocenters. The number of hydrogen-bond acceptors (Lipinski definition) is 1. The van der Waals surface area contributed by atoms with E-state index < -0.39 is 5.82 Å². The summed E-state index contributed by atoms with van der Waals surface area (Å²) in [6.45, 7) is 0. The van der Waals surface area contributed by atoms with Crippen LogP contribution in [0.3, 0.4) is 0 Å². The first kappa shape index (κ1) is 10.2. The van der Waals surface area contributed by atoms with Crippen molar-refractivity contribution in [3.63, 3.8) is 0 Å². The smallest absolute Gasteiger partial charge is 0.164 e. The molecule has 0 atom stereocenters. The average molecular weight is 267 g/mol. The lowest BCUT2D eigenvalue weighted by Crippen LogP contribution is -1.80. The maximum Gasteiger partial charge on any atom is 0.164 e. The van der Waals surface area contributed by atoms with Crippen LogP contribution in [0.25, 0.3) is 11.1 Å². The molecule has 0 radical (unpaired) electrons. The summed E-state index contributed by atoms with van der Waals surface area (Å²) in [7, 11) is 0. The summed E-state index contributed by atoms with van der Waals surface area (Å²) >= 11 is 3.36. The molecule has 15 heavy (non-hydrogen) atoms. The highest BCUT2D eigenvalue weighted by atomic mass is 79.9. The summed E-state index contributed by atoms with van der Waals surface area (Å²) in [6.07, 6.45) is 0. The van der Waals surface area contributed by atoms with Gasteiger partial charge in [0.05, 0.1) is 0 Å². The van der Waals surface area contributed by atoms with Gasteiger partial charge in [-0.15, -0.1) is 0 Å². The zero-order valence-electron chi connectivity index (χ0n) is 7.74. The average Bonchev–Trinajstić information content (AvgIpc) is 2.22.